The maximum atomic E-state index is 12.8. The van der Waals surface area contributed by atoms with Gasteiger partial charge in [0.15, 0.2) is 0 Å². The molecule has 5 rings (SSSR count). The van der Waals surface area contributed by atoms with E-state index in [1.807, 2.05) is 24.3 Å². The molecule has 0 spiro atoms. The van der Waals surface area contributed by atoms with Gasteiger partial charge in [0.25, 0.3) is 0 Å². The molecule has 42 heavy (non-hydrogen) atoms. The molecule has 0 amide bonds. The molecular formula is C29H30F3N7O3. The van der Waals surface area contributed by atoms with Crippen LogP contribution in [-0.2, 0) is 17.8 Å². The molecule has 0 saturated carbocycles. The van der Waals surface area contributed by atoms with Crippen LogP contribution in [0.15, 0.2) is 73.7 Å². The summed E-state index contributed by atoms with van der Waals surface area (Å²) in [5, 5.41) is 19.0. The predicted molar refractivity (Wildman–Crippen MR) is 149 cm³/mol. The molecule has 0 aliphatic heterocycles. The average molecular weight is 582 g/mol. The Balaban J connectivity index is 1.02. The van der Waals surface area contributed by atoms with Crippen LogP contribution in [0.4, 0.5) is 13.2 Å². The molecule has 0 bridgehead atoms. The van der Waals surface area contributed by atoms with E-state index in [1.54, 1.807) is 41.9 Å². The van der Waals surface area contributed by atoms with Gasteiger partial charge in [0.1, 0.15) is 18.1 Å². The van der Waals surface area contributed by atoms with E-state index in [2.05, 4.69) is 35.4 Å². The van der Waals surface area contributed by atoms with Crippen molar-refractivity contribution >= 4 is 10.9 Å². The smallest absolute Gasteiger partial charge is 0.490 e. The van der Waals surface area contributed by atoms with Crippen LogP contribution in [0.1, 0.15) is 24.0 Å². The Morgan fingerprint density at radius 2 is 1.81 bits per heavy atom. The summed E-state index contributed by atoms with van der Waals surface area (Å²) in [5.74, 6) is 0.473. The molecule has 10 nitrogen and oxygen atoms in total. The Bertz CT molecular complexity index is 1540. The van der Waals surface area contributed by atoms with Gasteiger partial charge in [-0.3, -0.25) is 5.10 Å². The molecule has 0 saturated heterocycles. The van der Waals surface area contributed by atoms with Crippen molar-refractivity contribution in [3.05, 3.63) is 84.8 Å². The number of hydrogen-bond donors (Lipinski definition) is 2. The van der Waals surface area contributed by atoms with Gasteiger partial charge in [-0.25, -0.2) is 4.98 Å². The number of rotatable bonds is 15. The van der Waals surface area contributed by atoms with E-state index in [-0.39, 0.29) is 5.75 Å². The first-order chi connectivity index (χ1) is 20.4. The number of ether oxygens (including phenoxy) is 3. The summed E-state index contributed by atoms with van der Waals surface area (Å²) in [7, 11) is 0. The van der Waals surface area contributed by atoms with Gasteiger partial charge in [0, 0.05) is 37.7 Å². The van der Waals surface area contributed by atoms with E-state index in [4.69, 9.17) is 9.47 Å². The molecule has 5 aromatic rings. The Labute approximate surface area is 239 Å². The van der Waals surface area contributed by atoms with Crippen molar-refractivity contribution in [3.8, 4) is 22.6 Å². The molecule has 0 atom stereocenters. The third-order valence-corrected chi connectivity index (χ3v) is 6.33. The quantitative estimate of drug-likeness (QED) is 0.164. The number of imidazole rings is 1. The summed E-state index contributed by atoms with van der Waals surface area (Å²) in [6.45, 7) is 2.88. The zero-order chi connectivity index (χ0) is 29.2. The van der Waals surface area contributed by atoms with Crippen LogP contribution in [0.5, 0.6) is 11.5 Å². The van der Waals surface area contributed by atoms with Gasteiger partial charge < -0.3 is 24.1 Å². The van der Waals surface area contributed by atoms with E-state index >= 15 is 0 Å². The van der Waals surface area contributed by atoms with E-state index in [0.717, 1.165) is 34.9 Å². The van der Waals surface area contributed by atoms with E-state index in [9.17, 15) is 13.2 Å². The number of nitrogens with zero attached hydrogens (tertiary/aromatic N) is 5. The van der Waals surface area contributed by atoms with Crippen molar-refractivity contribution in [2.24, 2.45) is 0 Å². The fourth-order valence-electron chi connectivity index (χ4n) is 4.47. The Morgan fingerprint density at radius 3 is 2.62 bits per heavy atom. The van der Waals surface area contributed by atoms with Crippen LogP contribution in [0.2, 0.25) is 0 Å². The molecule has 13 heteroatoms. The summed E-state index contributed by atoms with van der Waals surface area (Å²) in [5.41, 5.74) is 4.13. The highest BCUT2D eigenvalue weighted by atomic mass is 19.4. The number of benzene rings is 2. The Hall–Kier alpha value is -4.49. The number of alkyl halides is 3. The van der Waals surface area contributed by atoms with Crippen LogP contribution >= 0.6 is 0 Å². The summed E-state index contributed by atoms with van der Waals surface area (Å²) >= 11 is 0. The van der Waals surface area contributed by atoms with Crippen molar-refractivity contribution in [3.63, 3.8) is 0 Å². The van der Waals surface area contributed by atoms with Gasteiger partial charge in [-0.15, -0.1) is 13.2 Å². The highest BCUT2D eigenvalue weighted by Gasteiger charge is 2.31. The molecule has 0 aliphatic rings. The van der Waals surface area contributed by atoms with Gasteiger partial charge in [-0.1, -0.05) is 6.07 Å². The molecule has 3 heterocycles. The number of unbranched alkanes of at least 4 members (excludes halogenated alkanes) is 1. The van der Waals surface area contributed by atoms with E-state index < -0.39 is 6.36 Å². The van der Waals surface area contributed by atoms with E-state index in [1.165, 1.54) is 12.1 Å². The maximum Gasteiger partial charge on any atom is 0.573 e. The standard InChI is InChI=1S/C29H30F3N7O3/c30-29(31,32)42-25-12-21(11-22(13-25)19-39-7-6-34-20-39)16-33-4-1-2-8-40-9-10-41-28-15-24(23-3-5-35-36-17-23)14-27-26(28)18-37-38-27/h3,5-7,11-15,17-18,20,33H,1-2,4,8-10,16,19H2,(H,37,38). The number of halogens is 3. The molecule has 2 N–H and O–H groups in total. The Kier molecular flexibility index (Phi) is 9.62. The zero-order valence-electron chi connectivity index (χ0n) is 22.7. The van der Waals surface area contributed by atoms with Gasteiger partial charge in [-0.05, 0) is 66.4 Å². The third kappa shape index (κ3) is 8.51. The maximum absolute atomic E-state index is 12.8. The summed E-state index contributed by atoms with van der Waals surface area (Å²) in [6.07, 6.45) is 6.97. The number of fused-ring (bicyclic) bond motifs is 1. The molecule has 0 aliphatic carbocycles. The minimum Gasteiger partial charge on any atom is -0.490 e. The predicted octanol–water partition coefficient (Wildman–Crippen LogP) is 5.13. The average Bonchev–Trinajstić information content (AvgIpc) is 3.66. The summed E-state index contributed by atoms with van der Waals surface area (Å²) in [4.78, 5) is 3.98. The van der Waals surface area contributed by atoms with Gasteiger partial charge in [0.05, 0.1) is 42.4 Å². The molecule has 220 valence electrons. The van der Waals surface area contributed by atoms with E-state index in [0.29, 0.717) is 56.3 Å². The molecule has 0 unspecified atom stereocenters. The van der Waals surface area contributed by atoms with Crippen LogP contribution in [0.25, 0.3) is 22.0 Å². The van der Waals surface area contributed by atoms with Crippen LogP contribution in [-0.4, -0.2) is 62.7 Å². The molecule has 0 fully saturated rings. The minimum absolute atomic E-state index is 0.234. The van der Waals surface area contributed by atoms with Crippen molar-refractivity contribution in [1.29, 1.82) is 0 Å². The van der Waals surface area contributed by atoms with Crippen LogP contribution in [0.3, 0.4) is 0 Å². The minimum atomic E-state index is -4.75. The fraction of sp³-hybridized carbons (Fsp3) is 0.310. The number of nitrogens with one attached hydrogen (secondary N) is 2. The lowest BCUT2D eigenvalue weighted by Gasteiger charge is -2.14. The summed E-state index contributed by atoms with van der Waals surface area (Å²) < 4.78 is 56.1. The first kappa shape index (κ1) is 29.0. The number of H-pyrrole nitrogens is 1. The lowest BCUT2D eigenvalue weighted by Crippen LogP contribution is -2.19. The topological polar surface area (TPSA) is 112 Å². The molecule has 3 aromatic heterocycles. The second-order valence-electron chi connectivity index (χ2n) is 9.55. The lowest BCUT2D eigenvalue weighted by atomic mass is 10.1. The second kappa shape index (κ2) is 13.9. The first-order valence-electron chi connectivity index (χ1n) is 13.4. The van der Waals surface area contributed by atoms with Crippen molar-refractivity contribution < 1.29 is 27.4 Å². The van der Waals surface area contributed by atoms with Gasteiger partial charge in [-0.2, -0.15) is 15.3 Å². The number of aromatic amines is 1. The van der Waals surface area contributed by atoms with Crippen LogP contribution in [0, 0.1) is 0 Å². The SMILES string of the molecule is FC(F)(F)Oc1cc(CNCCCCOCCOc2cc(-c3ccnnc3)cc3[nH]ncc23)cc(Cn2ccnc2)c1. The summed E-state index contributed by atoms with van der Waals surface area (Å²) in [6, 6.07) is 10.5. The zero-order valence-corrected chi connectivity index (χ0v) is 22.7. The molecule has 0 radical (unpaired) electrons. The lowest BCUT2D eigenvalue weighted by molar-refractivity contribution is -0.274. The number of hydrogen-bond acceptors (Lipinski definition) is 8. The Morgan fingerprint density at radius 1 is 0.905 bits per heavy atom. The third-order valence-electron chi connectivity index (χ3n) is 6.33. The monoisotopic (exact) mass is 581 g/mol. The van der Waals surface area contributed by atoms with Crippen molar-refractivity contribution in [1.82, 2.24) is 35.3 Å². The molecular weight excluding hydrogens is 551 g/mol. The largest absolute Gasteiger partial charge is 0.573 e. The van der Waals surface area contributed by atoms with Crippen molar-refractivity contribution in [2.45, 2.75) is 32.3 Å². The highest BCUT2D eigenvalue weighted by molar-refractivity contribution is 5.89. The fourth-order valence-corrected chi connectivity index (χ4v) is 4.47. The normalized spacial score (nSPS) is 11.7. The van der Waals surface area contributed by atoms with Gasteiger partial charge in [0.2, 0.25) is 0 Å². The first-order valence-corrected chi connectivity index (χ1v) is 13.4. The molecule has 2 aromatic carbocycles. The second-order valence-corrected chi connectivity index (χ2v) is 9.55. The van der Waals surface area contributed by atoms with Gasteiger partial charge >= 0.3 is 6.36 Å². The highest BCUT2D eigenvalue weighted by Crippen LogP contribution is 2.31. The van der Waals surface area contributed by atoms with Crippen molar-refractivity contribution in [2.75, 3.05) is 26.4 Å². The number of aromatic nitrogens is 6. The van der Waals surface area contributed by atoms with Crippen LogP contribution < -0.4 is 14.8 Å².